The maximum Gasteiger partial charge on any atom is 0.254 e. The minimum Gasteiger partial charge on any atom is -0.508 e. The second-order valence-electron chi connectivity index (χ2n) is 4.71. The van der Waals surface area contributed by atoms with Crippen LogP contribution in [-0.4, -0.2) is 30.1 Å². The van der Waals surface area contributed by atoms with E-state index in [1.807, 2.05) is 0 Å². The molecule has 0 aromatic heterocycles. The smallest absolute Gasteiger partial charge is 0.254 e. The highest BCUT2D eigenvalue weighted by Gasteiger charge is 2.24. The van der Waals surface area contributed by atoms with Crippen molar-refractivity contribution in [2.75, 3.05) is 13.1 Å². The molecule has 0 bridgehead atoms. The van der Waals surface area contributed by atoms with Crippen LogP contribution in [-0.2, 0) is 0 Å². The van der Waals surface area contributed by atoms with Gasteiger partial charge < -0.3 is 15.7 Å². The molecule has 18 heavy (non-hydrogen) atoms. The fraction of sp³-hybridized carbons (Fsp3) is 0.462. The lowest BCUT2D eigenvalue weighted by atomic mass is 9.94. The number of hydrogen-bond donors (Lipinski definition) is 3. The molecule has 1 aromatic rings. The van der Waals surface area contributed by atoms with E-state index in [9.17, 15) is 9.18 Å². The second-order valence-corrected chi connectivity index (χ2v) is 4.71. The van der Waals surface area contributed by atoms with Gasteiger partial charge in [0, 0.05) is 18.7 Å². The van der Waals surface area contributed by atoms with Crippen LogP contribution >= 0.6 is 0 Å². The largest absolute Gasteiger partial charge is 0.508 e. The predicted molar refractivity (Wildman–Crippen MR) is 66.0 cm³/mol. The van der Waals surface area contributed by atoms with Gasteiger partial charge in [0.1, 0.15) is 11.6 Å². The van der Waals surface area contributed by atoms with Gasteiger partial charge in [-0.15, -0.1) is 0 Å². The van der Waals surface area contributed by atoms with Crippen LogP contribution in [0.2, 0.25) is 0 Å². The zero-order valence-electron chi connectivity index (χ0n) is 10.2. The number of piperidine rings is 1. The topological polar surface area (TPSA) is 61.4 Å². The van der Waals surface area contributed by atoms with Gasteiger partial charge in [-0.3, -0.25) is 4.79 Å². The SMILES string of the molecule is CC1CCNCC1NC(=O)c1ccc(O)cc1F. The number of halogens is 1. The van der Waals surface area contributed by atoms with Crippen LogP contribution in [0.3, 0.4) is 0 Å². The lowest BCUT2D eigenvalue weighted by Gasteiger charge is -2.30. The zero-order chi connectivity index (χ0) is 13.1. The Morgan fingerprint density at radius 3 is 3.00 bits per heavy atom. The maximum atomic E-state index is 13.5. The standard InChI is InChI=1S/C13H17FN2O2/c1-8-4-5-15-7-12(8)16-13(18)10-3-2-9(17)6-11(10)14/h2-3,6,8,12,15,17H,4-5,7H2,1H3,(H,16,18). The van der Waals surface area contributed by atoms with Gasteiger partial charge in [0.05, 0.1) is 5.56 Å². The normalized spacial score (nSPS) is 23.7. The van der Waals surface area contributed by atoms with E-state index in [-0.39, 0.29) is 17.4 Å². The van der Waals surface area contributed by atoms with Gasteiger partial charge >= 0.3 is 0 Å². The number of amides is 1. The molecule has 2 rings (SSSR count). The molecule has 5 heteroatoms. The number of benzene rings is 1. The molecular weight excluding hydrogens is 235 g/mol. The number of nitrogens with one attached hydrogen (secondary N) is 2. The first-order chi connectivity index (χ1) is 8.58. The Hall–Kier alpha value is -1.62. The van der Waals surface area contributed by atoms with Crippen LogP contribution in [0.4, 0.5) is 4.39 Å². The summed E-state index contributed by atoms with van der Waals surface area (Å²) in [5, 5.41) is 15.1. The van der Waals surface area contributed by atoms with Gasteiger partial charge in [0.15, 0.2) is 0 Å². The Labute approximate surface area is 105 Å². The van der Waals surface area contributed by atoms with Gasteiger partial charge in [0.2, 0.25) is 0 Å². The van der Waals surface area contributed by atoms with Crippen LogP contribution in [0.5, 0.6) is 5.75 Å². The van der Waals surface area contributed by atoms with E-state index in [1.54, 1.807) is 0 Å². The molecule has 3 N–H and O–H groups in total. The summed E-state index contributed by atoms with van der Waals surface area (Å²) in [6.45, 7) is 3.71. The van der Waals surface area contributed by atoms with Gasteiger partial charge in [-0.2, -0.15) is 0 Å². The zero-order valence-corrected chi connectivity index (χ0v) is 10.2. The molecule has 0 saturated carbocycles. The third kappa shape index (κ3) is 2.79. The van der Waals surface area contributed by atoms with Crippen molar-refractivity contribution in [3.63, 3.8) is 0 Å². The molecule has 1 aromatic carbocycles. The summed E-state index contributed by atoms with van der Waals surface area (Å²) in [6.07, 6.45) is 0.989. The number of rotatable bonds is 2. The van der Waals surface area contributed by atoms with Crippen molar-refractivity contribution >= 4 is 5.91 Å². The molecule has 0 radical (unpaired) electrons. The van der Waals surface area contributed by atoms with Gasteiger partial charge in [-0.05, 0) is 31.0 Å². The Kier molecular flexibility index (Phi) is 3.81. The first kappa shape index (κ1) is 12.8. The molecule has 0 aliphatic carbocycles. The number of phenols is 1. The molecule has 1 amide bonds. The van der Waals surface area contributed by atoms with Crippen LogP contribution < -0.4 is 10.6 Å². The van der Waals surface area contributed by atoms with Crippen molar-refractivity contribution in [2.24, 2.45) is 5.92 Å². The number of phenolic OH excluding ortho intramolecular Hbond substituents is 1. The minimum absolute atomic E-state index is 0.0134. The fourth-order valence-electron chi connectivity index (χ4n) is 2.12. The first-order valence-electron chi connectivity index (χ1n) is 6.08. The predicted octanol–water partition coefficient (Wildman–Crippen LogP) is 1.26. The monoisotopic (exact) mass is 252 g/mol. The Morgan fingerprint density at radius 1 is 1.56 bits per heavy atom. The molecule has 1 saturated heterocycles. The van der Waals surface area contributed by atoms with E-state index in [0.29, 0.717) is 12.5 Å². The van der Waals surface area contributed by atoms with Crippen molar-refractivity contribution in [2.45, 2.75) is 19.4 Å². The lowest BCUT2D eigenvalue weighted by Crippen LogP contribution is -2.50. The lowest BCUT2D eigenvalue weighted by molar-refractivity contribution is 0.0911. The van der Waals surface area contributed by atoms with E-state index in [0.717, 1.165) is 19.0 Å². The third-order valence-electron chi connectivity index (χ3n) is 3.34. The highest BCUT2D eigenvalue weighted by atomic mass is 19.1. The van der Waals surface area contributed by atoms with Gasteiger partial charge in [0.25, 0.3) is 5.91 Å². The van der Waals surface area contributed by atoms with E-state index < -0.39 is 11.7 Å². The third-order valence-corrected chi connectivity index (χ3v) is 3.34. The molecule has 98 valence electrons. The molecule has 0 spiro atoms. The van der Waals surface area contributed by atoms with Crippen LogP contribution in [0.15, 0.2) is 18.2 Å². The minimum atomic E-state index is -0.705. The van der Waals surface area contributed by atoms with Crippen LogP contribution in [0.25, 0.3) is 0 Å². The maximum absolute atomic E-state index is 13.5. The average Bonchev–Trinajstić information content (AvgIpc) is 2.32. The summed E-state index contributed by atoms with van der Waals surface area (Å²) >= 11 is 0. The summed E-state index contributed by atoms with van der Waals surface area (Å²) in [4.78, 5) is 11.9. The van der Waals surface area contributed by atoms with E-state index >= 15 is 0 Å². The van der Waals surface area contributed by atoms with Crippen molar-refractivity contribution in [1.29, 1.82) is 0 Å². The summed E-state index contributed by atoms with van der Waals surface area (Å²) < 4.78 is 13.5. The first-order valence-corrected chi connectivity index (χ1v) is 6.08. The van der Waals surface area contributed by atoms with Gasteiger partial charge in [-0.1, -0.05) is 6.92 Å². The van der Waals surface area contributed by atoms with Crippen LogP contribution in [0.1, 0.15) is 23.7 Å². The van der Waals surface area contributed by atoms with E-state index in [1.165, 1.54) is 12.1 Å². The second kappa shape index (κ2) is 5.35. The Morgan fingerprint density at radius 2 is 2.33 bits per heavy atom. The highest BCUT2D eigenvalue weighted by molar-refractivity contribution is 5.94. The van der Waals surface area contributed by atoms with E-state index in [2.05, 4.69) is 17.6 Å². The molecule has 1 aliphatic rings. The number of carbonyl (C=O) groups excluding carboxylic acids is 1. The Balaban J connectivity index is 2.07. The number of carbonyl (C=O) groups is 1. The summed E-state index contributed by atoms with van der Waals surface area (Å²) in [5.74, 6) is -0.955. The molecule has 2 atom stereocenters. The van der Waals surface area contributed by atoms with Crippen molar-refractivity contribution in [1.82, 2.24) is 10.6 Å². The van der Waals surface area contributed by atoms with E-state index in [4.69, 9.17) is 5.11 Å². The highest BCUT2D eigenvalue weighted by Crippen LogP contribution is 2.16. The van der Waals surface area contributed by atoms with Crippen molar-refractivity contribution < 1.29 is 14.3 Å². The average molecular weight is 252 g/mol. The molecule has 1 aliphatic heterocycles. The number of hydrogen-bond acceptors (Lipinski definition) is 3. The number of aromatic hydroxyl groups is 1. The molecule has 4 nitrogen and oxygen atoms in total. The molecule has 2 unspecified atom stereocenters. The molecule has 1 fully saturated rings. The summed E-state index contributed by atoms with van der Waals surface area (Å²) in [5.41, 5.74) is -0.0365. The van der Waals surface area contributed by atoms with Crippen molar-refractivity contribution in [3.05, 3.63) is 29.6 Å². The molecular formula is C13H17FN2O2. The Bertz CT molecular complexity index is 451. The molecule has 1 heterocycles. The quantitative estimate of drug-likeness (QED) is 0.742. The van der Waals surface area contributed by atoms with Gasteiger partial charge in [-0.25, -0.2) is 4.39 Å². The van der Waals surface area contributed by atoms with Crippen LogP contribution in [0, 0.1) is 11.7 Å². The van der Waals surface area contributed by atoms with Crippen molar-refractivity contribution in [3.8, 4) is 5.75 Å². The summed E-state index contributed by atoms with van der Waals surface area (Å²) in [6, 6.07) is 3.55. The summed E-state index contributed by atoms with van der Waals surface area (Å²) in [7, 11) is 0. The fourth-order valence-corrected chi connectivity index (χ4v) is 2.12.